The van der Waals surface area contributed by atoms with E-state index in [0.29, 0.717) is 0 Å². The van der Waals surface area contributed by atoms with Crippen molar-refractivity contribution in [2.75, 3.05) is 4.90 Å². The molecule has 2 nitrogen and oxygen atoms in total. The van der Waals surface area contributed by atoms with Gasteiger partial charge in [-0.3, -0.25) is 0 Å². The second-order valence-corrected chi connectivity index (χ2v) is 19.9. The predicted octanol–water partition coefficient (Wildman–Crippen LogP) is 18.9. The lowest BCUT2D eigenvalue weighted by molar-refractivity contribution is 0.794. The van der Waals surface area contributed by atoms with E-state index in [4.69, 9.17) is 0 Å². The molecule has 2 aliphatic carbocycles. The van der Waals surface area contributed by atoms with Crippen LogP contribution in [0.15, 0.2) is 267 Å². The first-order valence-electron chi connectivity index (χ1n) is 25.4. The number of fused-ring (bicyclic) bond motifs is 21. The van der Waals surface area contributed by atoms with Crippen LogP contribution in [-0.2, 0) is 5.41 Å². The number of anilines is 3. The molecule has 0 radical (unpaired) electrons. The predicted molar refractivity (Wildman–Crippen MR) is 307 cm³/mol. The molecule has 0 saturated heterocycles. The molecule has 338 valence electrons. The van der Waals surface area contributed by atoms with E-state index in [-0.39, 0.29) is 0 Å². The van der Waals surface area contributed by atoms with Gasteiger partial charge in [0.2, 0.25) is 0 Å². The van der Waals surface area contributed by atoms with Gasteiger partial charge in [-0.05, 0) is 148 Å². The zero-order valence-corrected chi connectivity index (χ0v) is 39.8. The average Bonchev–Trinajstić information content (AvgIpc) is 4.08. The summed E-state index contributed by atoms with van der Waals surface area (Å²) in [6, 6.07) is 100.0. The molecule has 0 bridgehead atoms. The van der Waals surface area contributed by atoms with Crippen LogP contribution in [0.2, 0.25) is 0 Å². The number of nitrogens with zero attached hydrogens (tertiary/aromatic N) is 2. The van der Waals surface area contributed by atoms with Crippen LogP contribution < -0.4 is 4.90 Å². The van der Waals surface area contributed by atoms with E-state index < -0.39 is 5.41 Å². The van der Waals surface area contributed by atoms with E-state index in [2.05, 4.69) is 276 Å². The van der Waals surface area contributed by atoms with Gasteiger partial charge in [0.15, 0.2) is 0 Å². The van der Waals surface area contributed by atoms with Gasteiger partial charge in [-0.2, -0.15) is 0 Å². The van der Waals surface area contributed by atoms with Gasteiger partial charge in [0.05, 0.1) is 22.1 Å². The normalized spacial score (nSPS) is 13.0. The fourth-order valence-electron chi connectivity index (χ4n) is 13.4. The molecule has 0 fully saturated rings. The van der Waals surface area contributed by atoms with Gasteiger partial charge < -0.3 is 9.47 Å². The van der Waals surface area contributed by atoms with Crippen molar-refractivity contribution in [3.05, 3.63) is 289 Å². The van der Waals surface area contributed by atoms with Crippen molar-refractivity contribution >= 4 is 82.0 Å². The highest BCUT2D eigenvalue weighted by Gasteiger charge is 2.52. The summed E-state index contributed by atoms with van der Waals surface area (Å²) in [7, 11) is 0. The average molecular weight is 925 g/mol. The summed E-state index contributed by atoms with van der Waals surface area (Å²) < 4.78 is 2.47. The van der Waals surface area contributed by atoms with E-state index in [0.717, 1.165) is 28.3 Å². The molecule has 0 N–H and O–H groups in total. The fraction of sp³-hybridized carbons (Fsp3) is 0.0141. The Morgan fingerprint density at radius 2 is 0.808 bits per heavy atom. The summed E-state index contributed by atoms with van der Waals surface area (Å²) in [4.78, 5) is 2.54. The van der Waals surface area contributed by atoms with E-state index in [1.54, 1.807) is 0 Å². The van der Waals surface area contributed by atoms with Crippen LogP contribution in [0.1, 0.15) is 22.3 Å². The van der Waals surface area contributed by atoms with Gasteiger partial charge in [-0.1, -0.05) is 206 Å². The first kappa shape index (κ1) is 40.3. The topological polar surface area (TPSA) is 8.17 Å². The third-order valence-electron chi connectivity index (χ3n) is 16.3. The van der Waals surface area contributed by atoms with Crippen LogP contribution in [-0.4, -0.2) is 4.57 Å². The zero-order chi connectivity index (χ0) is 47.8. The fourth-order valence-corrected chi connectivity index (χ4v) is 13.4. The van der Waals surface area contributed by atoms with Crippen molar-refractivity contribution < 1.29 is 0 Å². The number of para-hydroxylation sites is 2. The molecule has 0 amide bonds. The smallest absolute Gasteiger partial charge is 0.0726 e. The van der Waals surface area contributed by atoms with Crippen LogP contribution in [0.5, 0.6) is 0 Å². The van der Waals surface area contributed by atoms with Crippen LogP contribution in [0.3, 0.4) is 0 Å². The molecule has 0 atom stereocenters. The highest BCUT2D eigenvalue weighted by molar-refractivity contribution is 6.26. The van der Waals surface area contributed by atoms with Crippen molar-refractivity contribution in [2.24, 2.45) is 0 Å². The highest BCUT2D eigenvalue weighted by Crippen LogP contribution is 2.64. The number of benzene rings is 13. The van der Waals surface area contributed by atoms with Crippen molar-refractivity contribution in [3.63, 3.8) is 0 Å². The Kier molecular flexibility index (Phi) is 8.41. The summed E-state index contributed by atoms with van der Waals surface area (Å²) >= 11 is 0. The molecule has 73 heavy (non-hydrogen) atoms. The molecule has 1 heterocycles. The van der Waals surface area contributed by atoms with Crippen molar-refractivity contribution in [1.29, 1.82) is 0 Å². The molecule has 13 aromatic carbocycles. The highest BCUT2D eigenvalue weighted by atomic mass is 15.1. The molecular weight excluding hydrogens is 881 g/mol. The molecule has 0 saturated carbocycles. The molecule has 14 aromatic rings. The Morgan fingerprint density at radius 1 is 0.288 bits per heavy atom. The van der Waals surface area contributed by atoms with Crippen LogP contribution in [0.25, 0.3) is 104 Å². The monoisotopic (exact) mass is 924 g/mol. The maximum absolute atomic E-state index is 2.57. The van der Waals surface area contributed by atoms with Crippen molar-refractivity contribution in [3.8, 4) is 39.1 Å². The molecule has 2 aliphatic rings. The quantitative estimate of drug-likeness (QED) is 0.156. The summed E-state index contributed by atoms with van der Waals surface area (Å²) in [6.07, 6.45) is 0. The Hall–Kier alpha value is -9.50. The van der Waals surface area contributed by atoms with E-state index in [1.807, 2.05) is 0 Å². The third kappa shape index (κ3) is 5.52. The Morgan fingerprint density at radius 3 is 1.47 bits per heavy atom. The largest absolute Gasteiger partial charge is 0.310 e. The van der Waals surface area contributed by atoms with Crippen LogP contribution in [0.4, 0.5) is 17.1 Å². The number of hydrogen-bond donors (Lipinski definition) is 0. The first-order chi connectivity index (χ1) is 36.2. The summed E-state index contributed by atoms with van der Waals surface area (Å²) in [6.45, 7) is 0. The minimum atomic E-state index is -0.526. The molecule has 0 unspecified atom stereocenters. The number of aromatic nitrogens is 1. The maximum Gasteiger partial charge on any atom is 0.0726 e. The van der Waals surface area contributed by atoms with Gasteiger partial charge in [0, 0.05) is 38.8 Å². The second-order valence-electron chi connectivity index (χ2n) is 19.9. The van der Waals surface area contributed by atoms with Crippen LogP contribution in [0, 0.1) is 0 Å². The number of rotatable bonds is 5. The SMILES string of the molecule is c1ccc(N(c2ccc3c4ccccc4c4ccccc4c3c2)c2cc3c(cc2-c2ccc4c(c2)c2ccc5ccccc5c2n4-c2ccccc2)-c2ccccc2C32c3ccccc3-c3ccccc32)cc1. The summed E-state index contributed by atoms with van der Waals surface area (Å²) in [5.41, 5.74) is 19.1. The van der Waals surface area contributed by atoms with Crippen molar-refractivity contribution in [1.82, 2.24) is 4.57 Å². The minimum Gasteiger partial charge on any atom is -0.310 e. The van der Waals surface area contributed by atoms with Gasteiger partial charge in [-0.15, -0.1) is 0 Å². The van der Waals surface area contributed by atoms with Crippen molar-refractivity contribution in [2.45, 2.75) is 5.41 Å². The molecular formula is C71H44N2. The zero-order valence-electron chi connectivity index (χ0n) is 39.8. The molecule has 2 heteroatoms. The summed E-state index contributed by atoms with van der Waals surface area (Å²) in [5, 5.41) is 12.5. The maximum atomic E-state index is 2.57. The standard InChI is InChI=1S/C71H44N2/c1-3-20-47(21-4-1)72(49-37-39-55-53-27-10-9-25-51(53)52-26-11-12-28-54(52)61(55)42-49)69-44-67-62(58-31-15-18-34-66(58)71(67)64-32-16-13-29-56(64)57-30-14-17-33-65(57)71)43-60(69)46-36-40-68-63(41-46)59-38-35-45-19-7-8-24-50(45)70(59)73(68)48-22-5-2-6-23-48/h1-44H. The van der Waals surface area contributed by atoms with E-state index in [9.17, 15) is 0 Å². The van der Waals surface area contributed by atoms with Gasteiger partial charge in [0.1, 0.15) is 0 Å². The van der Waals surface area contributed by atoms with E-state index in [1.165, 1.54) is 115 Å². The third-order valence-corrected chi connectivity index (χ3v) is 16.3. The molecule has 0 aliphatic heterocycles. The summed E-state index contributed by atoms with van der Waals surface area (Å²) in [5.74, 6) is 0. The second kappa shape index (κ2) is 15.3. The Labute approximate surface area is 422 Å². The molecule has 16 rings (SSSR count). The van der Waals surface area contributed by atoms with E-state index >= 15 is 0 Å². The van der Waals surface area contributed by atoms with Crippen LogP contribution >= 0.6 is 0 Å². The first-order valence-corrected chi connectivity index (χ1v) is 25.4. The number of hydrogen-bond acceptors (Lipinski definition) is 1. The van der Waals surface area contributed by atoms with Gasteiger partial charge in [-0.25, -0.2) is 0 Å². The lowest BCUT2D eigenvalue weighted by Gasteiger charge is -2.33. The molecule has 1 spiro atoms. The minimum absolute atomic E-state index is 0.526. The Balaban J connectivity index is 1.04. The lowest BCUT2D eigenvalue weighted by Crippen LogP contribution is -2.26. The molecule has 1 aromatic heterocycles. The van der Waals surface area contributed by atoms with Gasteiger partial charge >= 0.3 is 0 Å². The van der Waals surface area contributed by atoms with Gasteiger partial charge in [0.25, 0.3) is 0 Å². The lowest BCUT2D eigenvalue weighted by atomic mass is 9.70. The Bertz CT molecular complexity index is 4540.